The van der Waals surface area contributed by atoms with E-state index in [-0.39, 0.29) is 24.3 Å². The zero-order valence-electron chi connectivity index (χ0n) is 20.5. The lowest BCUT2D eigenvalue weighted by Crippen LogP contribution is -2.70. The van der Waals surface area contributed by atoms with Crippen LogP contribution in [0, 0.1) is 28.6 Å². The molecule has 4 aliphatic carbocycles. The summed E-state index contributed by atoms with van der Waals surface area (Å²) in [6.07, 6.45) is 2.46. The third kappa shape index (κ3) is 3.21. The highest BCUT2D eigenvalue weighted by Gasteiger charge is 2.79. The Bertz CT molecular complexity index is 1200. The Hall–Kier alpha value is -1.53. The van der Waals surface area contributed by atoms with Crippen LogP contribution >= 0.6 is 23.1 Å². The van der Waals surface area contributed by atoms with Gasteiger partial charge in [0.05, 0.1) is 12.6 Å². The van der Waals surface area contributed by atoms with Crippen molar-refractivity contribution in [2.24, 2.45) is 28.6 Å². The van der Waals surface area contributed by atoms with Gasteiger partial charge in [0, 0.05) is 40.8 Å². The molecule has 1 N–H and O–H groups in total. The molecule has 0 radical (unpaired) electrons. The number of rotatable bonds is 4. The Morgan fingerprint density at radius 1 is 1.35 bits per heavy atom. The van der Waals surface area contributed by atoms with Crippen molar-refractivity contribution in [2.45, 2.75) is 63.2 Å². The van der Waals surface area contributed by atoms with Gasteiger partial charge in [-0.15, -0.1) is 11.3 Å². The molecule has 1 aromatic heterocycles. The molecule has 0 unspecified atom stereocenters. The summed E-state index contributed by atoms with van der Waals surface area (Å²) in [6, 6.07) is -0.930. The molecule has 9 atom stereocenters. The van der Waals surface area contributed by atoms with E-state index in [0.29, 0.717) is 31.3 Å². The molecule has 1 aliphatic heterocycles. The van der Waals surface area contributed by atoms with Crippen molar-refractivity contribution in [1.82, 2.24) is 10.0 Å². The van der Waals surface area contributed by atoms with Crippen LogP contribution in [0.1, 0.15) is 38.1 Å². The van der Waals surface area contributed by atoms with Crippen LogP contribution in [-0.2, 0) is 21.0 Å². The first-order valence-corrected chi connectivity index (χ1v) is 14.4. The van der Waals surface area contributed by atoms with E-state index in [2.05, 4.69) is 4.98 Å². The first-order valence-electron chi connectivity index (χ1n) is 12.5. The summed E-state index contributed by atoms with van der Waals surface area (Å²) in [5.74, 6) is -2.18. The van der Waals surface area contributed by atoms with Gasteiger partial charge in [-0.1, -0.05) is 24.8 Å². The second-order valence-electron chi connectivity index (χ2n) is 11.4. The summed E-state index contributed by atoms with van der Waals surface area (Å²) >= 11 is 1.98. The summed E-state index contributed by atoms with van der Waals surface area (Å²) in [5.41, 5.74) is -6.21. The Morgan fingerprint density at radius 2 is 2.14 bits per heavy atom. The number of nitrogens with zero attached hydrogens (tertiary/aromatic N) is 2. The number of hydrogen-bond donors (Lipinski definition) is 1. The molecule has 3 saturated carbocycles. The van der Waals surface area contributed by atoms with Gasteiger partial charge >= 0.3 is 0 Å². The number of hydrogen-bond acceptors (Lipinski definition) is 8. The van der Waals surface area contributed by atoms with Crippen molar-refractivity contribution in [3.05, 3.63) is 40.4 Å². The van der Waals surface area contributed by atoms with Gasteiger partial charge in [-0.05, 0) is 49.8 Å². The molecule has 6 rings (SSSR count). The molecule has 4 fully saturated rings. The Kier molecular flexibility index (Phi) is 5.90. The third-order valence-corrected chi connectivity index (χ3v) is 11.4. The zero-order chi connectivity index (χ0) is 26.4. The number of carbonyl (C=O) groups is 2. The number of fused-ring (bicyclic) bond motifs is 7. The quantitative estimate of drug-likeness (QED) is 0.593. The van der Waals surface area contributed by atoms with E-state index in [1.54, 1.807) is 18.2 Å². The van der Waals surface area contributed by atoms with Gasteiger partial charge in [-0.3, -0.25) is 14.4 Å². The largest absolute Gasteiger partial charge is 0.390 e. The van der Waals surface area contributed by atoms with Crippen molar-refractivity contribution in [2.75, 3.05) is 12.6 Å². The number of aliphatic hydroxyl groups is 1. The van der Waals surface area contributed by atoms with E-state index >= 15 is 8.78 Å². The normalized spacial score (nSPS) is 46.7. The van der Waals surface area contributed by atoms with Crippen molar-refractivity contribution < 1.29 is 32.7 Å². The van der Waals surface area contributed by atoms with Crippen molar-refractivity contribution in [3.63, 3.8) is 0 Å². The minimum Gasteiger partial charge on any atom is -0.390 e. The van der Waals surface area contributed by atoms with Crippen molar-refractivity contribution in [1.29, 1.82) is 0 Å². The standard InChI is InChI=1S/C26H29F3N2O4S2/c1-23-4-3-15(32)8-18(23)19(28)9-17-16-7-14-11-31(12-21-30-5-6-36-21)35-26(14,22(34)37-13-27)24(16,2)10-20(33)25(17,23)29/h3-6,8,14,16-17,19-20,33H,7,9-13H2,1-2H3/t14-,16-,17-,19-,20-,23-,24-,25-,26-/m0/s1. The van der Waals surface area contributed by atoms with Gasteiger partial charge in [-0.25, -0.2) is 18.2 Å². The number of carbonyl (C=O) groups excluding carboxylic acids is 2. The van der Waals surface area contributed by atoms with Gasteiger partial charge in [-0.2, -0.15) is 5.06 Å². The number of hydroxylamine groups is 2. The fraction of sp³-hybridized carbons (Fsp3) is 0.654. The van der Waals surface area contributed by atoms with E-state index in [1.807, 2.05) is 12.3 Å². The van der Waals surface area contributed by atoms with Crippen LogP contribution in [-0.4, -0.2) is 62.1 Å². The molecule has 0 bridgehead atoms. The predicted octanol–water partition coefficient (Wildman–Crippen LogP) is 4.36. The Morgan fingerprint density at radius 3 is 2.84 bits per heavy atom. The molecule has 6 nitrogen and oxygen atoms in total. The summed E-state index contributed by atoms with van der Waals surface area (Å²) in [6.45, 7) is 4.07. The topological polar surface area (TPSA) is 79.7 Å². The zero-order valence-corrected chi connectivity index (χ0v) is 22.2. The van der Waals surface area contributed by atoms with Crippen molar-refractivity contribution in [3.8, 4) is 0 Å². The van der Waals surface area contributed by atoms with Gasteiger partial charge < -0.3 is 5.11 Å². The first-order chi connectivity index (χ1) is 17.5. The second-order valence-corrected chi connectivity index (χ2v) is 13.3. The van der Waals surface area contributed by atoms with Gasteiger partial charge in [0.1, 0.15) is 17.2 Å². The molecular formula is C26H29F3N2O4S2. The molecule has 2 heterocycles. The number of thioether (sulfide) groups is 1. The summed E-state index contributed by atoms with van der Waals surface area (Å²) in [7, 11) is 0. The fourth-order valence-electron chi connectivity index (χ4n) is 8.39. The van der Waals surface area contributed by atoms with Crippen LogP contribution in [0.5, 0.6) is 0 Å². The highest BCUT2D eigenvalue weighted by molar-refractivity contribution is 8.13. The molecule has 0 aromatic carbocycles. The Labute approximate surface area is 221 Å². The molecule has 1 saturated heterocycles. The van der Waals surface area contributed by atoms with Gasteiger partial charge in [0.25, 0.3) is 0 Å². The van der Waals surface area contributed by atoms with E-state index in [1.165, 1.54) is 23.5 Å². The number of ketones is 1. The lowest BCUT2D eigenvalue weighted by atomic mass is 9.44. The molecular weight excluding hydrogens is 525 g/mol. The number of allylic oxidation sites excluding steroid dienone is 4. The van der Waals surface area contributed by atoms with E-state index in [0.717, 1.165) is 11.1 Å². The maximum atomic E-state index is 17.4. The number of alkyl halides is 3. The second kappa shape index (κ2) is 8.48. The number of halogens is 3. The van der Waals surface area contributed by atoms with Gasteiger partial charge in [0.2, 0.25) is 5.12 Å². The maximum Gasteiger partial charge on any atom is 0.226 e. The van der Waals surface area contributed by atoms with E-state index < -0.39 is 63.1 Å². The molecule has 200 valence electrons. The third-order valence-electron chi connectivity index (χ3n) is 9.96. The van der Waals surface area contributed by atoms with Crippen LogP contribution in [0.15, 0.2) is 35.4 Å². The monoisotopic (exact) mass is 554 g/mol. The molecule has 1 aromatic rings. The van der Waals surface area contributed by atoms with Crippen LogP contribution < -0.4 is 0 Å². The van der Waals surface area contributed by atoms with Crippen LogP contribution in [0.25, 0.3) is 0 Å². The number of aromatic nitrogens is 1. The summed E-state index contributed by atoms with van der Waals surface area (Å²) in [5, 5.41) is 15.4. The molecule has 0 spiro atoms. The number of thiazole rings is 1. The van der Waals surface area contributed by atoms with E-state index in [4.69, 9.17) is 4.84 Å². The fourth-order valence-corrected chi connectivity index (χ4v) is 9.76. The minimum absolute atomic E-state index is 0.0595. The van der Waals surface area contributed by atoms with E-state index in [9.17, 15) is 19.1 Å². The van der Waals surface area contributed by atoms with Crippen LogP contribution in [0.3, 0.4) is 0 Å². The molecule has 11 heteroatoms. The Balaban J connectivity index is 1.42. The van der Waals surface area contributed by atoms with Crippen LogP contribution in [0.4, 0.5) is 13.2 Å². The average Bonchev–Trinajstić information content (AvgIpc) is 3.54. The van der Waals surface area contributed by atoms with Crippen LogP contribution in [0.2, 0.25) is 0 Å². The highest BCUT2D eigenvalue weighted by Crippen LogP contribution is 2.73. The lowest BCUT2D eigenvalue weighted by molar-refractivity contribution is -0.266. The molecule has 37 heavy (non-hydrogen) atoms. The molecule has 5 aliphatic rings. The molecule has 0 amide bonds. The highest BCUT2D eigenvalue weighted by atomic mass is 32.2. The smallest absolute Gasteiger partial charge is 0.226 e. The maximum absolute atomic E-state index is 17.4. The average molecular weight is 555 g/mol. The SMILES string of the molecule is C[C@]12C=CC(=O)C=C1[C@@H](F)C[C@H]1[C@@H]3C[C@H]4CN(Cc5nccs5)O[C@@]4(C(=O)SCF)[C@@]3(C)C[C@H](O)[C@@]12F. The van der Waals surface area contributed by atoms with Gasteiger partial charge in [0.15, 0.2) is 17.1 Å². The lowest BCUT2D eigenvalue weighted by Gasteiger charge is -2.63. The minimum atomic E-state index is -2.24. The number of aliphatic hydroxyl groups excluding tert-OH is 1. The summed E-state index contributed by atoms with van der Waals surface area (Å²) in [4.78, 5) is 36.4. The summed E-state index contributed by atoms with van der Waals surface area (Å²) < 4.78 is 46.5. The van der Waals surface area contributed by atoms with Crippen molar-refractivity contribution >= 4 is 34.0 Å². The first kappa shape index (κ1) is 25.7. The predicted molar refractivity (Wildman–Crippen MR) is 132 cm³/mol.